The van der Waals surface area contributed by atoms with Gasteiger partial charge in [-0.1, -0.05) is 20.0 Å². The van der Waals surface area contributed by atoms with Gasteiger partial charge in [-0.05, 0) is 13.3 Å². The highest BCUT2D eigenvalue weighted by molar-refractivity contribution is 6.52. The Kier molecular flexibility index (Phi) is 5.62. The van der Waals surface area contributed by atoms with Crippen LogP contribution < -0.4 is 0 Å². The second-order valence-electron chi connectivity index (χ2n) is 3.57. The summed E-state index contributed by atoms with van der Waals surface area (Å²) >= 11 is 0. The van der Waals surface area contributed by atoms with E-state index >= 15 is 0 Å². The van der Waals surface area contributed by atoms with Crippen LogP contribution in [0, 0.1) is 0 Å². The van der Waals surface area contributed by atoms with Gasteiger partial charge in [-0.2, -0.15) is 5.10 Å². The molecule has 76 valence electrons. The Morgan fingerprint density at radius 1 is 1.46 bits per heavy atom. The normalized spacial score (nSPS) is 12.0. The fourth-order valence-corrected chi connectivity index (χ4v) is 1.25. The Labute approximate surface area is 82.5 Å². The zero-order valence-electron chi connectivity index (χ0n) is 9.29. The molecule has 0 bridgehead atoms. The molecule has 0 N–H and O–H groups in total. The third kappa shape index (κ3) is 5.57. The summed E-state index contributed by atoms with van der Waals surface area (Å²) in [6.45, 7) is 8.07. The van der Waals surface area contributed by atoms with Crippen LogP contribution in [0.15, 0.2) is 5.10 Å². The molecule has 0 radical (unpaired) electrons. The fourth-order valence-electron chi connectivity index (χ4n) is 0.857. The predicted molar refractivity (Wildman–Crippen MR) is 59.7 cm³/mol. The minimum Gasteiger partial charge on any atom is -0.331 e. The minimum absolute atomic E-state index is 0.194. The number of carbonyl (C=O) groups excluding carboxylic acids is 1. The van der Waals surface area contributed by atoms with Crippen LogP contribution in [0.1, 0.15) is 26.7 Å². The van der Waals surface area contributed by atoms with Gasteiger partial charge in [-0.25, -0.2) is 0 Å². The van der Waals surface area contributed by atoms with Crippen LogP contribution in [0.4, 0.5) is 0 Å². The first-order valence-corrected chi connectivity index (χ1v) is 7.58. The van der Waals surface area contributed by atoms with E-state index in [9.17, 15) is 4.79 Å². The van der Waals surface area contributed by atoms with Crippen LogP contribution in [0.5, 0.6) is 0 Å². The van der Waals surface area contributed by atoms with Crippen molar-refractivity contribution < 1.29 is 4.79 Å². The van der Waals surface area contributed by atoms with Gasteiger partial charge in [0.05, 0.1) is 0 Å². The highest BCUT2D eigenvalue weighted by Gasteiger charge is 2.05. The molecule has 0 saturated carbocycles. The first-order chi connectivity index (χ1) is 5.97. The number of hydrogen-bond acceptors (Lipinski definition) is 3. The van der Waals surface area contributed by atoms with E-state index in [4.69, 9.17) is 0 Å². The molecule has 0 aromatic heterocycles. The zero-order valence-corrected chi connectivity index (χ0v) is 10.4. The molecule has 0 atom stereocenters. The lowest BCUT2D eigenvalue weighted by Gasteiger charge is -2.18. The number of rotatable bonds is 5. The summed E-state index contributed by atoms with van der Waals surface area (Å²) in [4.78, 5) is 10.9. The third-order valence-corrected chi connectivity index (χ3v) is 3.52. The Bertz CT molecular complexity index is 202. The molecule has 0 aliphatic carbocycles. The molecule has 0 aromatic carbocycles. The summed E-state index contributed by atoms with van der Waals surface area (Å²) in [6.07, 6.45) is 1.37. The fraction of sp³-hybridized carbons (Fsp3) is 0.778. The van der Waals surface area contributed by atoms with Crippen LogP contribution in [-0.4, -0.2) is 32.2 Å². The minimum atomic E-state index is -0.846. The van der Waals surface area contributed by atoms with Gasteiger partial charge in [0.2, 0.25) is 0 Å². The molecule has 0 aliphatic rings. The number of ketones is 1. The lowest BCUT2D eigenvalue weighted by atomic mass is 10.2. The number of hydrogen-bond donors (Lipinski definition) is 0. The maximum atomic E-state index is 10.9. The van der Waals surface area contributed by atoms with Gasteiger partial charge >= 0.3 is 0 Å². The standard InChI is InChI=1S/C9H20N2OSi/c1-6-9(7-8(2)12)10-11(3)13(4)5/h13H,6-7H2,1-5H3. The molecule has 0 saturated heterocycles. The Hall–Kier alpha value is -0.643. The van der Waals surface area contributed by atoms with Crippen molar-refractivity contribution in [2.45, 2.75) is 39.8 Å². The van der Waals surface area contributed by atoms with E-state index in [1.165, 1.54) is 0 Å². The van der Waals surface area contributed by atoms with E-state index in [-0.39, 0.29) is 5.78 Å². The summed E-state index contributed by atoms with van der Waals surface area (Å²) in [5.41, 5.74) is 0.996. The lowest BCUT2D eigenvalue weighted by molar-refractivity contribution is -0.115. The van der Waals surface area contributed by atoms with Crippen LogP contribution in [0.2, 0.25) is 13.1 Å². The average molecular weight is 200 g/mol. The van der Waals surface area contributed by atoms with E-state index in [1.807, 2.05) is 18.6 Å². The van der Waals surface area contributed by atoms with Crippen molar-refractivity contribution in [1.82, 2.24) is 4.67 Å². The lowest BCUT2D eigenvalue weighted by Crippen LogP contribution is -2.26. The molecule has 0 amide bonds. The van der Waals surface area contributed by atoms with Gasteiger partial charge in [-0.15, -0.1) is 0 Å². The second-order valence-corrected chi connectivity index (χ2v) is 6.50. The third-order valence-electron chi connectivity index (χ3n) is 1.91. The largest absolute Gasteiger partial charge is 0.331 e. The number of Topliss-reactive ketones (excluding diaryl/α,β-unsaturated/α-hetero) is 1. The number of hydrazone groups is 1. The monoisotopic (exact) mass is 200 g/mol. The van der Waals surface area contributed by atoms with Crippen LogP contribution in [0.25, 0.3) is 0 Å². The quantitative estimate of drug-likeness (QED) is 0.384. The van der Waals surface area contributed by atoms with Crippen molar-refractivity contribution in [2.24, 2.45) is 5.10 Å². The Balaban J connectivity index is 4.28. The maximum absolute atomic E-state index is 10.9. The van der Waals surface area contributed by atoms with Crippen molar-refractivity contribution >= 4 is 20.5 Å². The highest BCUT2D eigenvalue weighted by atomic mass is 28.3. The second kappa shape index (κ2) is 5.91. The van der Waals surface area contributed by atoms with E-state index in [0.717, 1.165) is 12.1 Å². The summed E-state index contributed by atoms with van der Waals surface area (Å²) in [6, 6.07) is 0. The number of carbonyl (C=O) groups is 1. The summed E-state index contributed by atoms with van der Waals surface area (Å²) < 4.78 is 2.03. The van der Waals surface area contributed by atoms with Crippen LogP contribution in [0.3, 0.4) is 0 Å². The van der Waals surface area contributed by atoms with Gasteiger partial charge in [0.15, 0.2) is 8.96 Å². The molecule has 13 heavy (non-hydrogen) atoms. The van der Waals surface area contributed by atoms with E-state index in [1.54, 1.807) is 6.92 Å². The molecule has 4 heteroatoms. The Morgan fingerprint density at radius 2 is 2.00 bits per heavy atom. The van der Waals surface area contributed by atoms with E-state index in [2.05, 4.69) is 18.2 Å². The van der Waals surface area contributed by atoms with Crippen LogP contribution in [-0.2, 0) is 4.79 Å². The van der Waals surface area contributed by atoms with E-state index in [0.29, 0.717) is 6.42 Å². The predicted octanol–water partition coefficient (Wildman–Crippen LogP) is 1.65. The molecule has 0 heterocycles. The SMILES string of the molecule is CCC(CC(C)=O)=NN(C)[SiH](C)C. The first kappa shape index (κ1) is 12.4. The molecular weight excluding hydrogens is 180 g/mol. The molecule has 0 unspecified atom stereocenters. The van der Waals surface area contributed by atoms with E-state index < -0.39 is 8.96 Å². The van der Waals surface area contributed by atoms with Crippen LogP contribution >= 0.6 is 0 Å². The van der Waals surface area contributed by atoms with Crippen molar-refractivity contribution in [3.05, 3.63) is 0 Å². The average Bonchev–Trinajstić information content (AvgIpc) is 2.02. The zero-order chi connectivity index (χ0) is 10.4. The van der Waals surface area contributed by atoms with Gasteiger partial charge in [-0.3, -0.25) is 4.79 Å². The molecule has 0 rings (SSSR count). The van der Waals surface area contributed by atoms with Gasteiger partial charge < -0.3 is 4.67 Å². The highest BCUT2D eigenvalue weighted by Crippen LogP contribution is 1.99. The van der Waals surface area contributed by atoms with Crippen molar-refractivity contribution in [3.8, 4) is 0 Å². The molecule has 0 fully saturated rings. The molecule has 0 aliphatic heterocycles. The van der Waals surface area contributed by atoms with Gasteiger partial charge in [0, 0.05) is 19.2 Å². The molecule has 0 aromatic rings. The summed E-state index contributed by atoms with van der Waals surface area (Å²) in [5, 5.41) is 4.43. The maximum Gasteiger partial charge on any atom is 0.156 e. The van der Waals surface area contributed by atoms with Crippen molar-refractivity contribution in [2.75, 3.05) is 7.05 Å². The smallest absolute Gasteiger partial charge is 0.156 e. The first-order valence-electron chi connectivity index (χ1n) is 4.76. The van der Waals surface area contributed by atoms with Crippen molar-refractivity contribution in [3.63, 3.8) is 0 Å². The van der Waals surface area contributed by atoms with Crippen molar-refractivity contribution in [1.29, 1.82) is 0 Å². The number of nitrogens with zero attached hydrogens (tertiary/aromatic N) is 2. The topological polar surface area (TPSA) is 32.7 Å². The van der Waals surface area contributed by atoms with Gasteiger partial charge in [0.1, 0.15) is 5.78 Å². The molecule has 0 spiro atoms. The molecular formula is C9H20N2OSi. The summed E-state index contributed by atoms with van der Waals surface area (Å²) in [7, 11) is 1.15. The summed E-state index contributed by atoms with van der Waals surface area (Å²) in [5.74, 6) is 0.194. The molecule has 3 nitrogen and oxygen atoms in total. The van der Waals surface area contributed by atoms with Gasteiger partial charge in [0.25, 0.3) is 0 Å². The Morgan fingerprint density at radius 3 is 2.31 bits per heavy atom.